The summed E-state index contributed by atoms with van der Waals surface area (Å²) in [6.45, 7) is 0.198. The quantitative estimate of drug-likeness (QED) is 0.507. The van der Waals surface area contributed by atoms with Crippen LogP contribution < -0.4 is 0 Å². The highest BCUT2D eigenvalue weighted by Gasteiger charge is 2.12. The Morgan fingerprint density at radius 2 is 1.52 bits per heavy atom. The molecule has 0 amide bonds. The van der Waals surface area contributed by atoms with Gasteiger partial charge >= 0.3 is 5.97 Å². The predicted molar refractivity (Wildman–Crippen MR) is 105 cm³/mol. The molecule has 0 radical (unpaired) electrons. The van der Waals surface area contributed by atoms with E-state index in [0.717, 1.165) is 28.1 Å². The fourth-order valence-corrected chi connectivity index (χ4v) is 2.93. The minimum Gasteiger partial charge on any atom is -0.457 e. The van der Waals surface area contributed by atoms with Crippen LogP contribution in [0.2, 0.25) is 0 Å². The van der Waals surface area contributed by atoms with E-state index < -0.39 is 0 Å². The van der Waals surface area contributed by atoms with Crippen LogP contribution in [0.25, 0.3) is 22.5 Å². The summed E-state index contributed by atoms with van der Waals surface area (Å²) < 4.78 is 5.49. The lowest BCUT2D eigenvalue weighted by molar-refractivity contribution is 0.0473. The van der Waals surface area contributed by atoms with E-state index in [1.54, 1.807) is 12.1 Å². The Morgan fingerprint density at radius 1 is 0.852 bits per heavy atom. The third kappa shape index (κ3) is 3.80. The number of aromatic nitrogens is 2. The van der Waals surface area contributed by atoms with Gasteiger partial charge in [-0.25, -0.2) is 4.79 Å². The summed E-state index contributed by atoms with van der Waals surface area (Å²) >= 11 is 0. The molecule has 0 aliphatic rings. The summed E-state index contributed by atoms with van der Waals surface area (Å²) in [7, 11) is 0. The van der Waals surface area contributed by atoms with E-state index in [4.69, 9.17) is 4.74 Å². The van der Waals surface area contributed by atoms with Gasteiger partial charge in [-0.15, -0.1) is 0 Å². The van der Waals surface area contributed by atoms with Gasteiger partial charge in [0.1, 0.15) is 6.61 Å². The number of carbonyl (C=O) groups is 1. The fraction of sp³-hybridized carbons (Fsp3) is 0.0435. The molecule has 0 aliphatic heterocycles. The Labute approximate surface area is 157 Å². The summed E-state index contributed by atoms with van der Waals surface area (Å²) in [6.07, 6.45) is 0. The second-order valence-corrected chi connectivity index (χ2v) is 6.13. The van der Waals surface area contributed by atoms with Crippen LogP contribution >= 0.6 is 0 Å². The molecule has 0 unspecified atom stereocenters. The van der Waals surface area contributed by atoms with Gasteiger partial charge in [0.05, 0.1) is 17.0 Å². The smallest absolute Gasteiger partial charge is 0.338 e. The summed E-state index contributed by atoms with van der Waals surface area (Å²) in [6, 6.07) is 28.8. The Hall–Kier alpha value is -3.66. The van der Waals surface area contributed by atoms with Crippen molar-refractivity contribution in [3.8, 4) is 22.5 Å². The van der Waals surface area contributed by atoms with Crippen LogP contribution in [0.15, 0.2) is 91.0 Å². The number of H-pyrrole nitrogens is 1. The highest BCUT2D eigenvalue weighted by Crippen LogP contribution is 2.27. The SMILES string of the molecule is O=C(OCc1ccccc1-c1cc(-c2ccccc2)n[nH]1)c1ccccc1. The second-order valence-electron chi connectivity index (χ2n) is 6.13. The zero-order chi connectivity index (χ0) is 18.5. The highest BCUT2D eigenvalue weighted by molar-refractivity contribution is 5.89. The molecular formula is C23H18N2O2. The van der Waals surface area contributed by atoms with Crippen LogP contribution in [0.4, 0.5) is 0 Å². The number of benzene rings is 3. The van der Waals surface area contributed by atoms with Crippen LogP contribution in [0.3, 0.4) is 0 Å². The van der Waals surface area contributed by atoms with Gasteiger partial charge < -0.3 is 4.74 Å². The number of rotatable bonds is 5. The van der Waals surface area contributed by atoms with Crippen molar-refractivity contribution in [2.75, 3.05) is 0 Å². The molecule has 4 rings (SSSR count). The number of carbonyl (C=O) groups excluding carboxylic acids is 1. The van der Waals surface area contributed by atoms with Gasteiger partial charge in [0.25, 0.3) is 0 Å². The van der Waals surface area contributed by atoms with Gasteiger partial charge in [0.2, 0.25) is 0 Å². The number of aromatic amines is 1. The van der Waals surface area contributed by atoms with E-state index in [1.807, 2.05) is 78.9 Å². The average Bonchev–Trinajstić information content (AvgIpc) is 3.23. The molecule has 4 aromatic rings. The zero-order valence-corrected chi connectivity index (χ0v) is 14.6. The minimum absolute atomic E-state index is 0.198. The third-order valence-corrected chi connectivity index (χ3v) is 4.32. The summed E-state index contributed by atoms with van der Waals surface area (Å²) in [5.74, 6) is -0.333. The molecule has 4 nitrogen and oxygen atoms in total. The molecule has 0 saturated heterocycles. The van der Waals surface area contributed by atoms with Crippen molar-refractivity contribution in [2.45, 2.75) is 6.61 Å². The molecule has 1 N–H and O–H groups in total. The third-order valence-electron chi connectivity index (χ3n) is 4.32. The van der Waals surface area contributed by atoms with E-state index >= 15 is 0 Å². The molecular weight excluding hydrogens is 336 g/mol. The van der Waals surface area contributed by atoms with E-state index in [2.05, 4.69) is 10.2 Å². The molecule has 0 aliphatic carbocycles. The molecule has 4 heteroatoms. The monoisotopic (exact) mass is 354 g/mol. The second kappa shape index (κ2) is 7.70. The molecule has 0 atom stereocenters. The molecule has 3 aromatic carbocycles. The first-order valence-corrected chi connectivity index (χ1v) is 8.72. The van der Waals surface area contributed by atoms with Crippen molar-refractivity contribution in [2.24, 2.45) is 0 Å². The Morgan fingerprint density at radius 3 is 2.30 bits per heavy atom. The van der Waals surface area contributed by atoms with Crippen molar-refractivity contribution in [3.05, 3.63) is 102 Å². The molecule has 132 valence electrons. The lowest BCUT2D eigenvalue weighted by Gasteiger charge is -2.09. The Bertz CT molecular complexity index is 1040. The maximum Gasteiger partial charge on any atom is 0.338 e. The first-order valence-electron chi connectivity index (χ1n) is 8.72. The van der Waals surface area contributed by atoms with E-state index in [1.165, 1.54) is 0 Å². The summed E-state index contributed by atoms with van der Waals surface area (Å²) in [5.41, 5.74) is 5.25. The van der Waals surface area contributed by atoms with Crippen LogP contribution in [-0.2, 0) is 11.3 Å². The molecule has 0 bridgehead atoms. The van der Waals surface area contributed by atoms with Crippen LogP contribution in [-0.4, -0.2) is 16.2 Å². The first kappa shape index (κ1) is 16.8. The van der Waals surface area contributed by atoms with Crippen molar-refractivity contribution < 1.29 is 9.53 Å². The number of esters is 1. The lowest BCUT2D eigenvalue weighted by Crippen LogP contribution is -2.05. The normalized spacial score (nSPS) is 10.5. The predicted octanol–water partition coefficient (Wildman–Crippen LogP) is 5.10. The average molecular weight is 354 g/mol. The summed E-state index contributed by atoms with van der Waals surface area (Å²) in [4.78, 5) is 12.2. The van der Waals surface area contributed by atoms with Gasteiger partial charge in [0, 0.05) is 11.1 Å². The van der Waals surface area contributed by atoms with Crippen molar-refractivity contribution in [3.63, 3.8) is 0 Å². The van der Waals surface area contributed by atoms with Gasteiger partial charge in [-0.3, -0.25) is 5.10 Å². The largest absolute Gasteiger partial charge is 0.457 e. The van der Waals surface area contributed by atoms with Gasteiger partial charge in [-0.1, -0.05) is 72.8 Å². The van der Waals surface area contributed by atoms with Crippen molar-refractivity contribution in [1.82, 2.24) is 10.2 Å². The van der Waals surface area contributed by atoms with Crippen LogP contribution in [0, 0.1) is 0 Å². The Balaban J connectivity index is 1.55. The van der Waals surface area contributed by atoms with Crippen LogP contribution in [0.5, 0.6) is 0 Å². The first-order chi connectivity index (χ1) is 13.3. The summed E-state index contributed by atoms with van der Waals surface area (Å²) in [5, 5.41) is 7.50. The topological polar surface area (TPSA) is 55.0 Å². The maximum atomic E-state index is 12.2. The number of hydrogen-bond acceptors (Lipinski definition) is 3. The van der Waals surface area contributed by atoms with E-state index in [0.29, 0.717) is 5.56 Å². The van der Waals surface area contributed by atoms with E-state index in [9.17, 15) is 4.79 Å². The fourth-order valence-electron chi connectivity index (χ4n) is 2.93. The maximum absolute atomic E-state index is 12.2. The number of hydrogen-bond donors (Lipinski definition) is 1. The molecule has 0 spiro atoms. The molecule has 1 heterocycles. The highest BCUT2D eigenvalue weighted by atomic mass is 16.5. The number of nitrogens with zero attached hydrogens (tertiary/aromatic N) is 1. The van der Waals surface area contributed by atoms with Gasteiger partial charge in [-0.2, -0.15) is 5.10 Å². The molecule has 0 fully saturated rings. The minimum atomic E-state index is -0.333. The molecule has 1 aromatic heterocycles. The lowest BCUT2D eigenvalue weighted by atomic mass is 10.0. The standard InChI is InChI=1S/C23H18N2O2/c26-23(18-11-5-2-6-12-18)27-16-19-13-7-8-14-20(19)22-15-21(24-25-22)17-9-3-1-4-10-17/h1-15H,16H2,(H,24,25). The molecule has 27 heavy (non-hydrogen) atoms. The van der Waals surface area contributed by atoms with E-state index in [-0.39, 0.29) is 12.6 Å². The van der Waals surface area contributed by atoms with Crippen LogP contribution in [0.1, 0.15) is 15.9 Å². The van der Waals surface area contributed by atoms with Gasteiger partial charge in [0.15, 0.2) is 0 Å². The van der Waals surface area contributed by atoms with Crippen molar-refractivity contribution in [1.29, 1.82) is 0 Å². The zero-order valence-electron chi connectivity index (χ0n) is 14.6. The Kier molecular flexibility index (Phi) is 4.79. The number of ether oxygens (including phenoxy) is 1. The molecule has 0 saturated carbocycles. The number of nitrogens with one attached hydrogen (secondary N) is 1. The van der Waals surface area contributed by atoms with Gasteiger partial charge in [-0.05, 0) is 23.8 Å². The van der Waals surface area contributed by atoms with Crippen molar-refractivity contribution >= 4 is 5.97 Å².